The Morgan fingerprint density at radius 2 is 1.88 bits per heavy atom. The molecule has 4 nitrogen and oxygen atoms in total. The van der Waals surface area contributed by atoms with Gasteiger partial charge in [-0.1, -0.05) is 0 Å². The second kappa shape index (κ2) is 5.63. The van der Waals surface area contributed by atoms with Gasteiger partial charge in [0, 0.05) is 12.7 Å². The number of amides is 3. The van der Waals surface area contributed by atoms with E-state index in [1.165, 1.54) is 43.1 Å². The largest absolute Gasteiger partial charge is 0.328 e. The number of alkyl halides is 1. The van der Waals surface area contributed by atoms with E-state index in [1.54, 1.807) is 0 Å². The third-order valence-electron chi connectivity index (χ3n) is 2.11. The van der Waals surface area contributed by atoms with Gasteiger partial charge in [0.05, 0.1) is 0 Å². The minimum absolute atomic E-state index is 0.395. The van der Waals surface area contributed by atoms with E-state index in [9.17, 15) is 14.0 Å². The summed E-state index contributed by atoms with van der Waals surface area (Å²) in [5.74, 6) is -0.973. The minimum Gasteiger partial charge on any atom is -0.297 e. The Kier molecular flexibility index (Phi) is 4.45. The molecule has 0 aromatic heterocycles. The molecular weight excluding hydrogens is 247 g/mol. The summed E-state index contributed by atoms with van der Waals surface area (Å²) in [6.45, 7) is 1.46. The van der Waals surface area contributed by atoms with Crippen LogP contribution >= 0.6 is 11.6 Å². The smallest absolute Gasteiger partial charge is 0.297 e. The number of carbonyl (C=O) groups is 2. The van der Waals surface area contributed by atoms with E-state index in [4.69, 9.17) is 11.6 Å². The molecule has 0 fully saturated rings. The lowest BCUT2D eigenvalue weighted by Gasteiger charge is -2.17. The Hall–Kier alpha value is -1.62. The van der Waals surface area contributed by atoms with E-state index in [1.807, 2.05) is 0 Å². The topological polar surface area (TPSA) is 49.4 Å². The van der Waals surface area contributed by atoms with Gasteiger partial charge in [-0.25, -0.2) is 9.18 Å². The first-order valence-corrected chi connectivity index (χ1v) is 5.33. The Morgan fingerprint density at radius 1 is 1.35 bits per heavy atom. The highest BCUT2D eigenvalue weighted by Crippen LogP contribution is 2.13. The van der Waals surface area contributed by atoms with Gasteiger partial charge in [0.2, 0.25) is 5.91 Å². The minimum atomic E-state index is -0.791. The zero-order valence-electron chi connectivity index (χ0n) is 9.41. The van der Waals surface area contributed by atoms with Gasteiger partial charge in [-0.15, -0.1) is 11.6 Å². The highest BCUT2D eigenvalue weighted by molar-refractivity contribution is 6.31. The van der Waals surface area contributed by atoms with Gasteiger partial charge in [0.15, 0.2) is 0 Å². The van der Waals surface area contributed by atoms with Crippen molar-refractivity contribution in [1.29, 1.82) is 0 Å². The number of halogens is 2. The van der Waals surface area contributed by atoms with Crippen molar-refractivity contribution in [3.05, 3.63) is 30.1 Å². The van der Waals surface area contributed by atoms with Gasteiger partial charge in [0.25, 0.3) is 0 Å². The van der Waals surface area contributed by atoms with Crippen molar-refractivity contribution >= 4 is 29.2 Å². The molecule has 1 aromatic rings. The molecule has 0 heterocycles. The Morgan fingerprint density at radius 3 is 2.35 bits per heavy atom. The molecule has 0 radical (unpaired) electrons. The van der Waals surface area contributed by atoms with Crippen LogP contribution in [0.2, 0.25) is 0 Å². The van der Waals surface area contributed by atoms with Crippen LogP contribution in [0.3, 0.4) is 0 Å². The van der Waals surface area contributed by atoms with Gasteiger partial charge >= 0.3 is 6.03 Å². The number of nitrogens with zero attached hydrogens (tertiary/aromatic N) is 1. The van der Waals surface area contributed by atoms with Crippen molar-refractivity contribution in [2.45, 2.75) is 12.3 Å². The maximum absolute atomic E-state index is 12.7. The first kappa shape index (κ1) is 13.4. The van der Waals surface area contributed by atoms with Gasteiger partial charge in [0.1, 0.15) is 11.2 Å². The van der Waals surface area contributed by atoms with Gasteiger partial charge in [-0.2, -0.15) is 0 Å². The SMILES string of the molecule is CC(Cl)C(=O)NC(=O)N(C)c1ccc(F)cc1. The predicted molar refractivity (Wildman–Crippen MR) is 63.7 cm³/mol. The van der Waals surface area contributed by atoms with Crippen molar-refractivity contribution in [3.63, 3.8) is 0 Å². The lowest BCUT2D eigenvalue weighted by atomic mass is 10.3. The van der Waals surface area contributed by atoms with Crippen LogP contribution in [0.4, 0.5) is 14.9 Å². The molecule has 3 amide bonds. The maximum Gasteiger partial charge on any atom is 0.328 e. The quantitative estimate of drug-likeness (QED) is 0.826. The molecule has 17 heavy (non-hydrogen) atoms. The third kappa shape index (κ3) is 3.71. The summed E-state index contributed by atoms with van der Waals surface area (Å²) in [6, 6.07) is 4.71. The van der Waals surface area contributed by atoms with E-state index in [2.05, 4.69) is 5.32 Å². The van der Waals surface area contributed by atoms with E-state index >= 15 is 0 Å². The lowest BCUT2D eigenvalue weighted by Crippen LogP contribution is -2.43. The van der Waals surface area contributed by atoms with E-state index in [0.29, 0.717) is 5.69 Å². The number of anilines is 1. The zero-order chi connectivity index (χ0) is 13.0. The second-order valence-electron chi connectivity index (χ2n) is 3.45. The van der Waals surface area contributed by atoms with Gasteiger partial charge < -0.3 is 0 Å². The number of hydrogen-bond acceptors (Lipinski definition) is 2. The van der Waals surface area contributed by atoms with Crippen LogP contribution in [0.5, 0.6) is 0 Å². The third-order valence-corrected chi connectivity index (χ3v) is 2.31. The summed E-state index contributed by atoms with van der Waals surface area (Å²) >= 11 is 5.51. The lowest BCUT2D eigenvalue weighted by molar-refractivity contribution is -0.119. The van der Waals surface area contributed by atoms with Gasteiger partial charge in [-0.05, 0) is 31.2 Å². The summed E-state index contributed by atoms with van der Waals surface area (Å²) in [4.78, 5) is 24.0. The van der Waals surface area contributed by atoms with Crippen LogP contribution in [0.25, 0.3) is 0 Å². The second-order valence-corrected chi connectivity index (χ2v) is 4.10. The first-order chi connectivity index (χ1) is 7.91. The number of imide groups is 1. The molecule has 1 N–H and O–H groups in total. The number of urea groups is 1. The average Bonchev–Trinajstić information content (AvgIpc) is 2.28. The molecule has 6 heteroatoms. The fourth-order valence-corrected chi connectivity index (χ4v) is 1.13. The molecule has 0 aliphatic rings. The fourth-order valence-electron chi connectivity index (χ4n) is 1.07. The molecule has 0 saturated carbocycles. The molecule has 1 rings (SSSR count). The standard InChI is InChI=1S/C11H12ClFN2O2/c1-7(12)10(16)14-11(17)15(2)9-5-3-8(13)4-6-9/h3-7H,1-2H3,(H,14,16,17). The number of carbonyl (C=O) groups excluding carboxylic acids is 2. The summed E-state index contributed by atoms with van der Waals surface area (Å²) < 4.78 is 12.7. The zero-order valence-corrected chi connectivity index (χ0v) is 10.2. The van der Waals surface area contributed by atoms with Crippen LogP contribution in [0.15, 0.2) is 24.3 Å². The van der Waals surface area contributed by atoms with Crippen LogP contribution < -0.4 is 10.2 Å². The molecule has 92 valence electrons. The Bertz CT molecular complexity index is 420. The van der Waals surface area contributed by atoms with E-state index in [-0.39, 0.29) is 0 Å². The van der Waals surface area contributed by atoms with Crippen molar-refractivity contribution in [1.82, 2.24) is 5.32 Å². The normalized spacial score (nSPS) is 11.8. The monoisotopic (exact) mass is 258 g/mol. The van der Waals surface area contributed by atoms with E-state index in [0.717, 1.165) is 0 Å². The van der Waals surface area contributed by atoms with Crippen LogP contribution in [-0.2, 0) is 4.79 Å². The molecule has 1 aromatic carbocycles. The number of nitrogens with one attached hydrogen (secondary N) is 1. The molecule has 0 aliphatic carbocycles. The molecule has 1 atom stereocenters. The highest BCUT2D eigenvalue weighted by atomic mass is 35.5. The predicted octanol–water partition coefficient (Wildman–Crippen LogP) is 2.13. The number of benzene rings is 1. The Balaban J connectivity index is 2.70. The first-order valence-electron chi connectivity index (χ1n) is 4.90. The van der Waals surface area contributed by atoms with Crippen molar-refractivity contribution in [2.24, 2.45) is 0 Å². The molecule has 0 saturated heterocycles. The Labute approximate surface area is 103 Å². The van der Waals surface area contributed by atoms with Crippen molar-refractivity contribution in [3.8, 4) is 0 Å². The molecule has 1 unspecified atom stereocenters. The number of rotatable bonds is 2. The number of hydrogen-bond donors (Lipinski definition) is 1. The fraction of sp³-hybridized carbons (Fsp3) is 0.273. The van der Waals surface area contributed by atoms with Crippen LogP contribution in [-0.4, -0.2) is 24.4 Å². The van der Waals surface area contributed by atoms with Crippen LogP contribution in [0, 0.1) is 5.82 Å². The highest BCUT2D eigenvalue weighted by Gasteiger charge is 2.17. The summed E-state index contributed by atoms with van der Waals surface area (Å²) in [5, 5.41) is 1.32. The van der Waals surface area contributed by atoms with Crippen LogP contribution in [0.1, 0.15) is 6.92 Å². The summed E-state index contributed by atoms with van der Waals surface area (Å²) in [7, 11) is 1.47. The molecule has 0 spiro atoms. The van der Waals surface area contributed by atoms with Crippen molar-refractivity contribution in [2.75, 3.05) is 11.9 Å². The van der Waals surface area contributed by atoms with E-state index < -0.39 is 23.1 Å². The maximum atomic E-state index is 12.7. The summed E-state index contributed by atoms with van der Waals surface area (Å²) in [6.07, 6.45) is 0. The van der Waals surface area contributed by atoms with Crippen molar-refractivity contribution < 1.29 is 14.0 Å². The van der Waals surface area contributed by atoms with Gasteiger partial charge in [-0.3, -0.25) is 15.0 Å². The summed E-state index contributed by atoms with van der Waals surface area (Å²) in [5.41, 5.74) is 0.471. The molecule has 0 aliphatic heterocycles. The molecule has 0 bridgehead atoms. The molecular formula is C11H12ClFN2O2. The average molecular weight is 259 g/mol.